The molecule has 0 N–H and O–H groups in total. The molecule has 1 aliphatic rings. The zero-order valence-corrected chi connectivity index (χ0v) is 24.6. The fourth-order valence-corrected chi connectivity index (χ4v) is 6.82. The minimum absolute atomic E-state index is 0.895. The van der Waals surface area contributed by atoms with E-state index >= 15 is 0 Å². The number of allylic oxidation sites excluding steroid dienone is 4. The largest absolute Gasteiger partial charge is 0.456 e. The third-order valence-electron chi connectivity index (χ3n) is 9.02. The van der Waals surface area contributed by atoms with Crippen molar-refractivity contribution in [1.29, 1.82) is 0 Å². The second kappa shape index (κ2) is 10.4. The maximum atomic E-state index is 6.31. The molecule has 9 rings (SSSR count). The Hall–Kier alpha value is -5.80. The van der Waals surface area contributed by atoms with Crippen molar-refractivity contribution in [2.75, 3.05) is 4.90 Å². The fraction of sp³-hybridized carbons (Fsp3) is 0.0476. The quantitative estimate of drug-likeness (QED) is 0.203. The van der Waals surface area contributed by atoms with Crippen molar-refractivity contribution in [3.05, 3.63) is 163 Å². The number of furan rings is 2. The van der Waals surface area contributed by atoms with Crippen LogP contribution in [0.25, 0.3) is 60.6 Å². The van der Waals surface area contributed by atoms with Gasteiger partial charge < -0.3 is 13.7 Å². The van der Waals surface area contributed by atoms with E-state index in [-0.39, 0.29) is 0 Å². The van der Waals surface area contributed by atoms with Gasteiger partial charge in [0, 0.05) is 27.5 Å². The summed E-state index contributed by atoms with van der Waals surface area (Å²) in [6.45, 7) is 0. The van der Waals surface area contributed by atoms with Gasteiger partial charge in [0.1, 0.15) is 22.3 Å². The molecule has 0 amide bonds. The normalized spacial score (nSPS) is 13.4. The number of benzene rings is 6. The van der Waals surface area contributed by atoms with Crippen LogP contribution in [0.3, 0.4) is 0 Å². The lowest BCUT2D eigenvalue weighted by Gasteiger charge is -2.30. The Balaban J connectivity index is 1.16. The zero-order valence-electron chi connectivity index (χ0n) is 24.6. The Labute approximate surface area is 260 Å². The second-order valence-electron chi connectivity index (χ2n) is 11.7. The molecular formula is C42H29NO2. The monoisotopic (exact) mass is 579 g/mol. The average Bonchev–Trinajstić information content (AvgIpc) is 3.68. The van der Waals surface area contributed by atoms with Gasteiger partial charge in [0.05, 0.1) is 11.1 Å². The van der Waals surface area contributed by atoms with E-state index in [4.69, 9.17) is 8.83 Å². The highest BCUT2D eigenvalue weighted by Crippen LogP contribution is 2.43. The second-order valence-corrected chi connectivity index (χ2v) is 11.7. The van der Waals surface area contributed by atoms with Gasteiger partial charge in [-0.15, -0.1) is 0 Å². The highest BCUT2D eigenvalue weighted by molar-refractivity contribution is 6.13. The van der Waals surface area contributed by atoms with Crippen LogP contribution >= 0.6 is 0 Å². The number of hydrogen-bond acceptors (Lipinski definition) is 3. The van der Waals surface area contributed by atoms with Crippen LogP contribution in [0.15, 0.2) is 166 Å². The lowest BCUT2D eigenvalue weighted by molar-refractivity contribution is 0.668. The summed E-state index contributed by atoms with van der Waals surface area (Å²) in [4.78, 5) is 2.41. The number of fused-ring (bicyclic) bond motifs is 6. The van der Waals surface area contributed by atoms with E-state index in [1.54, 1.807) is 0 Å². The lowest BCUT2D eigenvalue weighted by Crippen LogP contribution is -2.18. The SMILES string of the molecule is C1=C(c2ccccc2)CCC(N(c2ccc(-c3ccc4c(c3)oc3ccccc34)cc2)c2cccc3oc4ccccc4c23)=C1. The van der Waals surface area contributed by atoms with E-state index < -0.39 is 0 Å². The molecule has 8 aromatic rings. The number of nitrogens with zero attached hydrogens (tertiary/aromatic N) is 1. The minimum atomic E-state index is 0.895. The smallest absolute Gasteiger partial charge is 0.137 e. The maximum absolute atomic E-state index is 6.31. The van der Waals surface area contributed by atoms with Crippen LogP contribution in [0.1, 0.15) is 18.4 Å². The van der Waals surface area contributed by atoms with Crippen LogP contribution < -0.4 is 4.90 Å². The summed E-state index contributed by atoms with van der Waals surface area (Å²) in [5.41, 5.74) is 12.0. The molecule has 2 aromatic heterocycles. The predicted octanol–water partition coefficient (Wildman–Crippen LogP) is 12.1. The first kappa shape index (κ1) is 25.7. The topological polar surface area (TPSA) is 29.5 Å². The van der Waals surface area contributed by atoms with E-state index in [1.807, 2.05) is 24.3 Å². The predicted molar refractivity (Wildman–Crippen MR) is 187 cm³/mol. The zero-order chi connectivity index (χ0) is 29.7. The number of rotatable bonds is 5. The summed E-state index contributed by atoms with van der Waals surface area (Å²) in [5.74, 6) is 0. The molecule has 0 radical (unpaired) electrons. The third kappa shape index (κ3) is 4.36. The summed E-state index contributed by atoms with van der Waals surface area (Å²) in [6.07, 6.45) is 6.48. The van der Waals surface area contributed by atoms with Crippen molar-refractivity contribution < 1.29 is 8.83 Å². The van der Waals surface area contributed by atoms with Crippen molar-refractivity contribution in [3.8, 4) is 11.1 Å². The van der Waals surface area contributed by atoms with Gasteiger partial charge >= 0.3 is 0 Å². The third-order valence-corrected chi connectivity index (χ3v) is 9.02. The molecule has 0 spiro atoms. The van der Waals surface area contributed by atoms with E-state index in [2.05, 4.69) is 132 Å². The summed E-state index contributed by atoms with van der Waals surface area (Å²) < 4.78 is 12.5. The van der Waals surface area contributed by atoms with Gasteiger partial charge in [-0.05, 0) is 89.7 Å². The minimum Gasteiger partial charge on any atom is -0.456 e. The van der Waals surface area contributed by atoms with Crippen molar-refractivity contribution in [3.63, 3.8) is 0 Å². The highest BCUT2D eigenvalue weighted by atomic mass is 16.3. The Morgan fingerprint density at radius 1 is 0.444 bits per heavy atom. The van der Waals surface area contributed by atoms with Gasteiger partial charge in [0.25, 0.3) is 0 Å². The van der Waals surface area contributed by atoms with Crippen LogP contribution in [-0.4, -0.2) is 0 Å². The van der Waals surface area contributed by atoms with Gasteiger partial charge in [-0.3, -0.25) is 0 Å². The molecule has 3 nitrogen and oxygen atoms in total. The number of hydrogen-bond donors (Lipinski definition) is 0. The molecule has 45 heavy (non-hydrogen) atoms. The van der Waals surface area contributed by atoms with Crippen molar-refractivity contribution in [2.24, 2.45) is 0 Å². The molecule has 0 atom stereocenters. The van der Waals surface area contributed by atoms with Crippen LogP contribution in [0.2, 0.25) is 0 Å². The van der Waals surface area contributed by atoms with Crippen molar-refractivity contribution in [2.45, 2.75) is 12.8 Å². The molecule has 0 bridgehead atoms. The molecule has 0 aliphatic heterocycles. The Bertz CT molecular complexity index is 2420. The first-order valence-electron chi connectivity index (χ1n) is 15.5. The van der Waals surface area contributed by atoms with Gasteiger partial charge in [0.2, 0.25) is 0 Å². The van der Waals surface area contributed by atoms with Crippen molar-refractivity contribution in [1.82, 2.24) is 0 Å². The summed E-state index contributed by atoms with van der Waals surface area (Å²) in [7, 11) is 0. The molecule has 0 saturated heterocycles. The molecule has 1 aliphatic carbocycles. The summed E-state index contributed by atoms with van der Waals surface area (Å²) in [5, 5.41) is 4.55. The number of anilines is 2. The van der Waals surface area contributed by atoms with Crippen LogP contribution in [0.4, 0.5) is 11.4 Å². The molecule has 2 heterocycles. The average molecular weight is 580 g/mol. The van der Waals surface area contributed by atoms with Crippen LogP contribution in [0.5, 0.6) is 0 Å². The summed E-state index contributed by atoms with van der Waals surface area (Å²) >= 11 is 0. The summed E-state index contributed by atoms with van der Waals surface area (Å²) in [6, 6.07) is 49.0. The molecule has 0 saturated carbocycles. The fourth-order valence-electron chi connectivity index (χ4n) is 6.82. The molecule has 214 valence electrons. The first-order chi connectivity index (χ1) is 22.3. The van der Waals surface area contributed by atoms with E-state index in [0.717, 1.165) is 79.2 Å². The van der Waals surface area contributed by atoms with Crippen molar-refractivity contribution >= 4 is 60.8 Å². The molecule has 3 heteroatoms. The Morgan fingerprint density at radius 2 is 1.11 bits per heavy atom. The molecule has 0 unspecified atom stereocenters. The van der Waals surface area contributed by atoms with Crippen LogP contribution in [0, 0.1) is 0 Å². The Kier molecular flexibility index (Phi) is 5.95. The number of para-hydroxylation sites is 2. The van der Waals surface area contributed by atoms with Gasteiger partial charge in [0.15, 0.2) is 0 Å². The van der Waals surface area contributed by atoms with Gasteiger partial charge in [-0.1, -0.05) is 97.1 Å². The first-order valence-corrected chi connectivity index (χ1v) is 15.5. The van der Waals surface area contributed by atoms with Gasteiger partial charge in [-0.25, -0.2) is 0 Å². The Morgan fingerprint density at radius 3 is 1.91 bits per heavy atom. The highest BCUT2D eigenvalue weighted by Gasteiger charge is 2.22. The van der Waals surface area contributed by atoms with Gasteiger partial charge in [-0.2, -0.15) is 0 Å². The molecular weight excluding hydrogens is 550 g/mol. The van der Waals surface area contributed by atoms with Crippen LogP contribution in [-0.2, 0) is 0 Å². The maximum Gasteiger partial charge on any atom is 0.137 e. The van der Waals surface area contributed by atoms with E-state index in [9.17, 15) is 0 Å². The van der Waals surface area contributed by atoms with E-state index in [1.165, 1.54) is 16.8 Å². The standard InChI is InChI=1S/C42H29NO2/c1-2-9-28(10-3-1)29-17-22-32(23-18-29)43(37-13-8-16-40-42(37)36-12-5-7-15-39(36)44-40)33-24-19-30(20-25-33)31-21-26-35-34-11-4-6-14-38(34)45-41(35)27-31/h1-17,19-22,24-27H,18,23H2. The molecule has 0 fully saturated rings. The lowest BCUT2D eigenvalue weighted by atomic mass is 9.94. The molecule has 6 aromatic carbocycles. The van der Waals surface area contributed by atoms with E-state index in [0.29, 0.717) is 0 Å².